The second-order valence-electron chi connectivity index (χ2n) is 6.06. The number of ether oxygens (including phenoxy) is 2. The molecule has 2 aliphatic rings. The summed E-state index contributed by atoms with van der Waals surface area (Å²) in [7, 11) is 0. The lowest BCUT2D eigenvalue weighted by atomic mass is 9.91. The first-order chi connectivity index (χ1) is 10.2. The van der Waals surface area contributed by atoms with Crippen LogP contribution in [0.1, 0.15) is 44.3 Å². The lowest BCUT2D eigenvalue weighted by molar-refractivity contribution is -0.0958. The first-order valence-electron chi connectivity index (χ1n) is 7.87. The predicted octanol–water partition coefficient (Wildman–Crippen LogP) is 3.56. The van der Waals surface area contributed by atoms with Crippen molar-refractivity contribution in [2.75, 3.05) is 18.1 Å². The molecule has 3 unspecified atom stereocenters. The van der Waals surface area contributed by atoms with Crippen molar-refractivity contribution in [3.63, 3.8) is 0 Å². The molecule has 116 valence electrons. The van der Waals surface area contributed by atoms with Crippen molar-refractivity contribution in [2.24, 2.45) is 0 Å². The molecule has 1 aromatic rings. The quantitative estimate of drug-likeness (QED) is 0.923. The van der Waals surface area contributed by atoms with Crippen molar-refractivity contribution in [1.29, 1.82) is 0 Å². The highest BCUT2D eigenvalue weighted by atomic mass is 32.2. The van der Waals surface area contributed by atoms with Gasteiger partial charge in [-0.25, -0.2) is 0 Å². The molecule has 0 aliphatic carbocycles. The van der Waals surface area contributed by atoms with E-state index in [0.717, 1.165) is 49.4 Å². The van der Waals surface area contributed by atoms with E-state index in [1.165, 1.54) is 5.75 Å². The minimum atomic E-state index is -0.374. The first-order valence-corrected chi connectivity index (χ1v) is 9.03. The fraction of sp³-hybridized carbons (Fsp3) is 0.647. The van der Waals surface area contributed by atoms with E-state index in [4.69, 9.17) is 9.47 Å². The number of benzene rings is 1. The largest absolute Gasteiger partial charge is 0.490 e. The van der Waals surface area contributed by atoms with E-state index in [0.29, 0.717) is 0 Å². The number of hydrogen-bond acceptors (Lipinski definition) is 4. The molecule has 3 nitrogen and oxygen atoms in total. The van der Waals surface area contributed by atoms with Gasteiger partial charge in [0, 0.05) is 18.6 Å². The molecule has 21 heavy (non-hydrogen) atoms. The van der Waals surface area contributed by atoms with Gasteiger partial charge in [-0.05, 0) is 36.3 Å². The Balaban J connectivity index is 1.60. The molecule has 0 aromatic heterocycles. The Labute approximate surface area is 131 Å². The average molecular weight is 308 g/mol. The molecule has 4 heteroatoms. The molecule has 2 fully saturated rings. The highest BCUT2D eigenvalue weighted by Crippen LogP contribution is 2.39. The molecular formula is C17H24O3S. The number of aliphatic hydroxyl groups is 1. The number of hydrogen-bond donors (Lipinski definition) is 1. The Bertz CT molecular complexity index is 454. The number of rotatable bonds is 4. The molecule has 1 spiro atoms. The molecule has 0 radical (unpaired) electrons. The Kier molecular flexibility index (Phi) is 4.77. The third-order valence-electron chi connectivity index (χ3n) is 4.47. The maximum atomic E-state index is 9.82. The fourth-order valence-corrected chi connectivity index (χ4v) is 4.52. The summed E-state index contributed by atoms with van der Waals surface area (Å²) >= 11 is 1.99. The van der Waals surface area contributed by atoms with Gasteiger partial charge in [0.2, 0.25) is 0 Å². The smallest absolute Gasteiger partial charge is 0.119 e. The second kappa shape index (κ2) is 6.59. The molecule has 0 bridgehead atoms. The minimum Gasteiger partial charge on any atom is -0.490 e. The summed E-state index contributed by atoms with van der Waals surface area (Å²) in [5, 5.41) is 9.82. The standard InChI is InChI=1S/C17H24O3S/c1-2-16(18)13-3-5-14(6-4-13)20-15-7-9-19-17(11-15)8-10-21-12-17/h3-6,15-16,18H,2,7-12H2,1H3. The van der Waals surface area contributed by atoms with Crippen LogP contribution in [0.3, 0.4) is 0 Å². The van der Waals surface area contributed by atoms with Crippen LogP contribution in [0.5, 0.6) is 5.75 Å². The molecule has 2 heterocycles. The van der Waals surface area contributed by atoms with Crippen molar-refractivity contribution in [1.82, 2.24) is 0 Å². The molecule has 2 saturated heterocycles. The van der Waals surface area contributed by atoms with E-state index in [-0.39, 0.29) is 17.8 Å². The lowest BCUT2D eigenvalue weighted by Gasteiger charge is -2.37. The third-order valence-corrected chi connectivity index (χ3v) is 5.69. The number of thioether (sulfide) groups is 1. The van der Waals surface area contributed by atoms with Gasteiger partial charge in [0.05, 0.1) is 18.3 Å². The minimum absolute atomic E-state index is 0.0614. The van der Waals surface area contributed by atoms with Crippen LogP contribution in [-0.4, -0.2) is 34.9 Å². The predicted molar refractivity (Wildman–Crippen MR) is 86.0 cm³/mol. The van der Waals surface area contributed by atoms with Crippen molar-refractivity contribution in [2.45, 2.75) is 50.4 Å². The molecule has 0 saturated carbocycles. The van der Waals surface area contributed by atoms with Gasteiger partial charge in [-0.2, -0.15) is 11.8 Å². The SMILES string of the molecule is CCC(O)c1ccc(OC2CCOC3(CCSC3)C2)cc1. The zero-order valence-corrected chi connectivity index (χ0v) is 13.4. The average Bonchev–Trinajstić information content (AvgIpc) is 2.95. The Morgan fingerprint density at radius 3 is 2.90 bits per heavy atom. The summed E-state index contributed by atoms with van der Waals surface area (Å²) in [5.74, 6) is 3.21. The van der Waals surface area contributed by atoms with Crippen LogP contribution in [0.25, 0.3) is 0 Å². The Hall–Kier alpha value is -0.710. The second-order valence-corrected chi connectivity index (χ2v) is 7.16. The fourth-order valence-electron chi connectivity index (χ4n) is 3.14. The van der Waals surface area contributed by atoms with Crippen LogP contribution in [0, 0.1) is 0 Å². The van der Waals surface area contributed by atoms with Crippen LogP contribution < -0.4 is 4.74 Å². The number of aliphatic hydroxyl groups excluding tert-OH is 1. The first kappa shape index (κ1) is 15.2. The van der Waals surface area contributed by atoms with Gasteiger partial charge in [-0.3, -0.25) is 0 Å². The third kappa shape index (κ3) is 3.55. The lowest BCUT2D eigenvalue weighted by Crippen LogP contribution is -2.43. The highest BCUT2D eigenvalue weighted by Gasteiger charge is 2.41. The van der Waals surface area contributed by atoms with E-state index in [9.17, 15) is 5.11 Å². The molecule has 0 amide bonds. The summed E-state index contributed by atoms with van der Waals surface area (Å²) in [6.07, 6.45) is 3.73. The van der Waals surface area contributed by atoms with Crippen molar-refractivity contribution >= 4 is 11.8 Å². The van der Waals surface area contributed by atoms with Crippen LogP contribution in [0.2, 0.25) is 0 Å². The van der Waals surface area contributed by atoms with E-state index >= 15 is 0 Å². The highest BCUT2D eigenvalue weighted by molar-refractivity contribution is 7.99. The van der Waals surface area contributed by atoms with Gasteiger partial charge in [0.15, 0.2) is 0 Å². The summed E-state index contributed by atoms with van der Waals surface area (Å²) in [4.78, 5) is 0. The zero-order valence-electron chi connectivity index (χ0n) is 12.6. The van der Waals surface area contributed by atoms with E-state index in [1.54, 1.807) is 0 Å². The zero-order chi connectivity index (χ0) is 14.7. The van der Waals surface area contributed by atoms with Gasteiger partial charge in [0.1, 0.15) is 11.9 Å². The van der Waals surface area contributed by atoms with Crippen LogP contribution in [0.4, 0.5) is 0 Å². The van der Waals surface area contributed by atoms with Gasteiger partial charge in [-0.1, -0.05) is 19.1 Å². The van der Waals surface area contributed by atoms with E-state index in [1.807, 2.05) is 43.0 Å². The van der Waals surface area contributed by atoms with Crippen molar-refractivity contribution < 1.29 is 14.6 Å². The van der Waals surface area contributed by atoms with Crippen LogP contribution >= 0.6 is 11.8 Å². The Morgan fingerprint density at radius 1 is 1.43 bits per heavy atom. The molecule has 1 aromatic carbocycles. The molecular weight excluding hydrogens is 284 g/mol. The van der Waals surface area contributed by atoms with Gasteiger partial charge in [-0.15, -0.1) is 0 Å². The topological polar surface area (TPSA) is 38.7 Å². The summed E-state index contributed by atoms with van der Waals surface area (Å²) in [6, 6.07) is 7.87. The molecule has 1 N–H and O–H groups in total. The van der Waals surface area contributed by atoms with E-state index < -0.39 is 0 Å². The van der Waals surface area contributed by atoms with E-state index in [2.05, 4.69) is 0 Å². The van der Waals surface area contributed by atoms with Crippen molar-refractivity contribution in [3.05, 3.63) is 29.8 Å². The Morgan fingerprint density at radius 2 is 2.24 bits per heavy atom. The van der Waals surface area contributed by atoms with Gasteiger partial charge < -0.3 is 14.6 Å². The van der Waals surface area contributed by atoms with Crippen LogP contribution in [-0.2, 0) is 4.74 Å². The summed E-state index contributed by atoms with van der Waals surface area (Å²) in [6.45, 7) is 2.79. The molecule has 3 rings (SSSR count). The van der Waals surface area contributed by atoms with Gasteiger partial charge >= 0.3 is 0 Å². The molecule has 3 atom stereocenters. The normalized spacial score (nSPS) is 30.5. The van der Waals surface area contributed by atoms with Crippen LogP contribution in [0.15, 0.2) is 24.3 Å². The molecule has 2 aliphatic heterocycles. The maximum absolute atomic E-state index is 9.82. The monoisotopic (exact) mass is 308 g/mol. The van der Waals surface area contributed by atoms with Gasteiger partial charge in [0.25, 0.3) is 0 Å². The summed E-state index contributed by atoms with van der Waals surface area (Å²) < 4.78 is 12.2. The summed E-state index contributed by atoms with van der Waals surface area (Å²) in [5.41, 5.74) is 1.02. The maximum Gasteiger partial charge on any atom is 0.119 e. The van der Waals surface area contributed by atoms with Crippen molar-refractivity contribution in [3.8, 4) is 5.75 Å².